The fourth-order valence-corrected chi connectivity index (χ4v) is 2.70. The Labute approximate surface area is 126 Å². The summed E-state index contributed by atoms with van der Waals surface area (Å²) in [6.07, 6.45) is 3.75. The SMILES string of the molecule is CCOc1ccccc1C(=O)N1CC[C@H](OCC2CC2)C1. The molecule has 1 aliphatic heterocycles. The number of rotatable bonds is 6. The normalized spacial score (nSPS) is 21.6. The highest BCUT2D eigenvalue weighted by molar-refractivity contribution is 5.97. The highest BCUT2D eigenvalue weighted by atomic mass is 16.5. The van der Waals surface area contributed by atoms with Crippen LogP contribution in [-0.2, 0) is 4.74 Å². The fourth-order valence-electron chi connectivity index (χ4n) is 2.70. The predicted molar refractivity (Wildman–Crippen MR) is 80.6 cm³/mol. The maximum Gasteiger partial charge on any atom is 0.257 e. The molecule has 0 aromatic heterocycles. The number of hydrogen-bond acceptors (Lipinski definition) is 3. The number of nitrogens with zero attached hydrogens (tertiary/aromatic N) is 1. The van der Waals surface area contributed by atoms with Crippen LogP contribution in [-0.4, -0.2) is 43.2 Å². The Balaban J connectivity index is 1.60. The van der Waals surface area contributed by atoms with Crippen molar-refractivity contribution in [3.63, 3.8) is 0 Å². The molecule has 0 bridgehead atoms. The summed E-state index contributed by atoms with van der Waals surface area (Å²) in [5.74, 6) is 1.50. The van der Waals surface area contributed by atoms with E-state index in [0.717, 1.165) is 25.5 Å². The van der Waals surface area contributed by atoms with E-state index in [1.54, 1.807) is 0 Å². The molecule has 1 amide bonds. The van der Waals surface area contributed by atoms with Crippen LogP contribution in [0.25, 0.3) is 0 Å². The third kappa shape index (κ3) is 3.56. The zero-order chi connectivity index (χ0) is 14.7. The molecular formula is C17H23NO3. The van der Waals surface area contributed by atoms with Crippen molar-refractivity contribution in [3.05, 3.63) is 29.8 Å². The average molecular weight is 289 g/mol. The van der Waals surface area contributed by atoms with E-state index in [2.05, 4.69) is 0 Å². The number of likely N-dealkylation sites (tertiary alicyclic amines) is 1. The predicted octanol–water partition coefficient (Wildman–Crippen LogP) is 2.73. The Hall–Kier alpha value is -1.55. The van der Waals surface area contributed by atoms with Gasteiger partial charge in [-0.2, -0.15) is 0 Å². The Kier molecular flexibility index (Phi) is 4.44. The summed E-state index contributed by atoms with van der Waals surface area (Å²) in [5, 5.41) is 0. The van der Waals surface area contributed by atoms with Crippen LogP contribution in [0, 0.1) is 5.92 Å². The average Bonchev–Trinajstić information content (AvgIpc) is 3.22. The van der Waals surface area contributed by atoms with Gasteiger partial charge in [0.2, 0.25) is 0 Å². The van der Waals surface area contributed by atoms with Gasteiger partial charge in [0.05, 0.1) is 18.3 Å². The quantitative estimate of drug-likeness (QED) is 0.808. The van der Waals surface area contributed by atoms with Gasteiger partial charge < -0.3 is 14.4 Å². The lowest BCUT2D eigenvalue weighted by Crippen LogP contribution is -2.30. The first kappa shape index (κ1) is 14.4. The molecule has 21 heavy (non-hydrogen) atoms. The highest BCUT2D eigenvalue weighted by Gasteiger charge is 2.30. The molecule has 1 aliphatic carbocycles. The van der Waals surface area contributed by atoms with Crippen molar-refractivity contribution in [2.45, 2.75) is 32.3 Å². The minimum absolute atomic E-state index is 0.0524. The molecule has 114 valence electrons. The third-order valence-corrected chi connectivity index (χ3v) is 4.11. The van der Waals surface area contributed by atoms with Crippen LogP contribution < -0.4 is 4.74 Å². The summed E-state index contributed by atoms with van der Waals surface area (Å²) in [7, 11) is 0. The van der Waals surface area contributed by atoms with Crippen LogP contribution in [0.1, 0.15) is 36.5 Å². The lowest BCUT2D eigenvalue weighted by atomic mass is 10.2. The van der Waals surface area contributed by atoms with Crippen molar-refractivity contribution >= 4 is 5.91 Å². The van der Waals surface area contributed by atoms with Crippen molar-refractivity contribution in [1.29, 1.82) is 0 Å². The molecule has 2 fully saturated rings. The molecular weight excluding hydrogens is 266 g/mol. The van der Waals surface area contributed by atoms with Crippen molar-refractivity contribution in [3.8, 4) is 5.75 Å². The van der Waals surface area contributed by atoms with Crippen LogP contribution in [0.15, 0.2) is 24.3 Å². The zero-order valence-corrected chi connectivity index (χ0v) is 12.6. The second-order valence-electron chi connectivity index (χ2n) is 5.87. The van der Waals surface area contributed by atoms with Gasteiger partial charge >= 0.3 is 0 Å². The minimum atomic E-state index is 0.0524. The number of carbonyl (C=O) groups is 1. The van der Waals surface area contributed by atoms with Crippen LogP contribution >= 0.6 is 0 Å². The van der Waals surface area contributed by atoms with Crippen molar-refractivity contribution in [2.24, 2.45) is 5.92 Å². The molecule has 2 aliphatic rings. The molecule has 1 aromatic carbocycles. The molecule has 4 heteroatoms. The monoisotopic (exact) mass is 289 g/mol. The van der Waals surface area contributed by atoms with E-state index in [1.165, 1.54) is 12.8 Å². The van der Waals surface area contributed by atoms with E-state index < -0.39 is 0 Å². The highest BCUT2D eigenvalue weighted by Crippen LogP contribution is 2.30. The largest absolute Gasteiger partial charge is 0.493 e. The minimum Gasteiger partial charge on any atom is -0.493 e. The second kappa shape index (κ2) is 6.48. The molecule has 1 saturated carbocycles. The third-order valence-electron chi connectivity index (χ3n) is 4.11. The van der Waals surface area contributed by atoms with Gasteiger partial charge in [-0.15, -0.1) is 0 Å². The Bertz CT molecular complexity index is 499. The van der Waals surface area contributed by atoms with Crippen molar-refractivity contribution in [2.75, 3.05) is 26.3 Å². The van der Waals surface area contributed by atoms with Crippen LogP contribution in [0.3, 0.4) is 0 Å². The summed E-state index contributed by atoms with van der Waals surface area (Å²) in [6.45, 7) is 4.83. The van der Waals surface area contributed by atoms with Gasteiger partial charge in [-0.05, 0) is 44.2 Å². The van der Waals surface area contributed by atoms with E-state index in [4.69, 9.17) is 9.47 Å². The molecule has 0 N–H and O–H groups in total. The molecule has 0 unspecified atom stereocenters. The van der Waals surface area contributed by atoms with Gasteiger partial charge in [0.25, 0.3) is 5.91 Å². The molecule has 4 nitrogen and oxygen atoms in total. The molecule has 0 spiro atoms. The smallest absolute Gasteiger partial charge is 0.257 e. The Morgan fingerprint density at radius 2 is 2.10 bits per heavy atom. The molecule has 1 aromatic rings. The van der Waals surface area contributed by atoms with E-state index in [9.17, 15) is 4.79 Å². The summed E-state index contributed by atoms with van der Waals surface area (Å²) >= 11 is 0. The van der Waals surface area contributed by atoms with Crippen LogP contribution in [0.4, 0.5) is 0 Å². The first-order valence-corrected chi connectivity index (χ1v) is 7.90. The number of carbonyl (C=O) groups excluding carboxylic acids is 1. The Morgan fingerprint density at radius 1 is 1.29 bits per heavy atom. The number of amides is 1. The maximum atomic E-state index is 12.6. The van der Waals surface area contributed by atoms with Gasteiger partial charge in [0.1, 0.15) is 5.75 Å². The zero-order valence-electron chi connectivity index (χ0n) is 12.6. The molecule has 0 radical (unpaired) electrons. The maximum absolute atomic E-state index is 12.6. The van der Waals surface area contributed by atoms with E-state index in [-0.39, 0.29) is 12.0 Å². The van der Waals surface area contributed by atoms with Gasteiger partial charge in [-0.1, -0.05) is 12.1 Å². The lowest BCUT2D eigenvalue weighted by molar-refractivity contribution is 0.0479. The molecule has 1 atom stereocenters. The summed E-state index contributed by atoms with van der Waals surface area (Å²) < 4.78 is 11.4. The second-order valence-corrected chi connectivity index (χ2v) is 5.87. The first-order chi connectivity index (χ1) is 10.3. The summed E-state index contributed by atoms with van der Waals surface area (Å²) in [6, 6.07) is 7.47. The topological polar surface area (TPSA) is 38.8 Å². The standard InChI is InChI=1S/C17H23NO3/c1-2-20-16-6-4-3-5-15(16)17(19)18-10-9-14(11-18)21-12-13-7-8-13/h3-6,13-14H,2,7-12H2,1H3/t14-/m0/s1. The lowest BCUT2D eigenvalue weighted by Gasteiger charge is -2.18. The van der Waals surface area contributed by atoms with E-state index in [1.807, 2.05) is 36.1 Å². The summed E-state index contributed by atoms with van der Waals surface area (Å²) in [4.78, 5) is 14.5. The first-order valence-electron chi connectivity index (χ1n) is 7.90. The number of hydrogen-bond donors (Lipinski definition) is 0. The summed E-state index contributed by atoms with van der Waals surface area (Å²) in [5.41, 5.74) is 0.655. The van der Waals surface area contributed by atoms with Crippen molar-refractivity contribution < 1.29 is 14.3 Å². The van der Waals surface area contributed by atoms with Crippen LogP contribution in [0.5, 0.6) is 5.75 Å². The molecule has 1 saturated heterocycles. The van der Waals surface area contributed by atoms with Crippen LogP contribution in [0.2, 0.25) is 0 Å². The van der Waals surface area contributed by atoms with Gasteiger partial charge in [0.15, 0.2) is 0 Å². The van der Waals surface area contributed by atoms with Gasteiger partial charge in [-0.3, -0.25) is 4.79 Å². The van der Waals surface area contributed by atoms with Gasteiger partial charge in [0, 0.05) is 19.7 Å². The van der Waals surface area contributed by atoms with E-state index in [0.29, 0.717) is 24.5 Å². The van der Waals surface area contributed by atoms with Crippen molar-refractivity contribution in [1.82, 2.24) is 4.90 Å². The number of ether oxygens (including phenoxy) is 2. The molecule has 3 rings (SSSR count). The number of para-hydroxylation sites is 1. The Morgan fingerprint density at radius 3 is 2.86 bits per heavy atom. The van der Waals surface area contributed by atoms with Gasteiger partial charge in [-0.25, -0.2) is 0 Å². The fraction of sp³-hybridized carbons (Fsp3) is 0.588. The van der Waals surface area contributed by atoms with E-state index >= 15 is 0 Å². The molecule has 1 heterocycles. The number of benzene rings is 1.